The van der Waals surface area contributed by atoms with Crippen molar-refractivity contribution in [3.8, 4) is 11.6 Å². The van der Waals surface area contributed by atoms with E-state index in [9.17, 15) is 0 Å². The van der Waals surface area contributed by atoms with Crippen LogP contribution in [0.2, 0.25) is 18.1 Å². The van der Waals surface area contributed by atoms with E-state index in [2.05, 4.69) is 45.5 Å². The molecule has 2 N–H and O–H groups in total. The lowest BCUT2D eigenvalue weighted by atomic mass is 9.99. The maximum Gasteiger partial charge on any atom is 0.140 e. The first-order chi connectivity index (χ1) is 5.99. The van der Waals surface area contributed by atoms with E-state index in [0.717, 1.165) is 0 Å². The highest BCUT2D eigenvalue weighted by atomic mass is 28.3. The van der Waals surface area contributed by atoms with Gasteiger partial charge in [-0.1, -0.05) is 53.1 Å². The Labute approximate surface area is 84.1 Å². The second-order valence-electron chi connectivity index (χ2n) is 4.24. The van der Waals surface area contributed by atoms with Crippen LogP contribution in [-0.4, -0.2) is 8.07 Å². The van der Waals surface area contributed by atoms with Crippen molar-refractivity contribution in [1.82, 2.24) is 0 Å². The first-order valence-corrected chi connectivity index (χ1v) is 8.22. The molecule has 0 aliphatic rings. The van der Waals surface area contributed by atoms with Gasteiger partial charge in [-0.05, 0) is 11.1 Å². The molecule has 0 saturated heterocycles. The molecule has 0 amide bonds. The van der Waals surface area contributed by atoms with E-state index >= 15 is 0 Å². The summed E-state index contributed by atoms with van der Waals surface area (Å²) < 4.78 is 0. The highest BCUT2D eigenvalue weighted by Crippen LogP contribution is 2.47. The molecule has 0 radical (unpaired) electrons. The third-order valence-corrected chi connectivity index (χ3v) is 8.22. The van der Waals surface area contributed by atoms with Gasteiger partial charge in [-0.15, -0.1) is 5.54 Å². The van der Waals surface area contributed by atoms with Crippen LogP contribution in [0.15, 0.2) is 0 Å². The van der Waals surface area contributed by atoms with Crippen molar-refractivity contribution in [2.24, 2.45) is 5.73 Å². The molecule has 0 atom stereocenters. The van der Waals surface area contributed by atoms with Crippen molar-refractivity contribution < 1.29 is 0 Å². The standard InChI is InChI=1S/C11H23NSi/c1-6-11(7-2,8-3)13(4,5)10-9-12/h6-8,12H2,1-5H3. The number of nitrogens with two attached hydrogens (primary N) is 1. The summed E-state index contributed by atoms with van der Waals surface area (Å²) in [5.74, 6) is 0. The van der Waals surface area contributed by atoms with E-state index in [1.165, 1.54) is 19.3 Å². The predicted molar refractivity (Wildman–Crippen MR) is 63.0 cm³/mol. The van der Waals surface area contributed by atoms with E-state index in [4.69, 9.17) is 5.73 Å². The first kappa shape index (κ1) is 12.6. The number of rotatable bonds is 4. The van der Waals surface area contributed by atoms with E-state index in [1.54, 1.807) is 0 Å². The molecular weight excluding hydrogens is 174 g/mol. The third-order valence-electron chi connectivity index (χ3n) is 3.74. The predicted octanol–water partition coefficient (Wildman–Crippen LogP) is 3.12. The summed E-state index contributed by atoms with van der Waals surface area (Å²) in [6, 6.07) is 2.63. The Bertz CT molecular complexity index is 198. The Morgan fingerprint density at radius 3 is 1.69 bits per heavy atom. The SMILES string of the molecule is CCC(CC)(CC)[Si](C)(C)C#CN. The fraction of sp³-hybridized carbons (Fsp3) is 0.818. The first-order valence-electron chi connectivity index (χ1n) is 5.22. The minimum absolute atomic E-state index is 0.458. The Morgan fingerprint density at radius 2 is 1.46 bits per heavy atom. The van der Waals surface area contributed by atoms with Gasteiger partial charge in [-0.2, -0.15) is 0 Å². The topological polar surface area (TPSA) is 26.0 Å². The second-order valence-corrected chi connectivity index (χ2v) is 8.80. The zero-order valence-corrected chi connectivity index (χ0v) is 10.7. The minimum Gasteiger partial charge on any atom is -0.360 e. The van der Waals surface area contributed by atoms with E-state index in [0.29, 0.717) is 5.04 Å². The summed E-state index contributed by atoms with van der Waals surface area (Å²) in [5.41, 5.74) is 8.63. The van der Waals surface area contributed by atoms with Crippen molar-refractivity contribution >= 4 is 8.07 Å². The summed E-state index contributed by atoms with van der Waals surface area (Å²) in [5, 5.41) is 0.458. The Kier molecular flexibility index (Phi) is 4.56. The van der Waals surface area contributed by atoms with Crippen LogP contribution in [0.3, 0.4) is 0 Å². The maximum atomic E-state index is 5.35. The summed E-state index contributed by atoms with van der Waals surface area (Å²) >= 11 is 0. The van der Waals surface area contributed by atoms with E-state index in [-0.39, 0.29) is 0 Å². The molecule has 2 heteroatoms. The molecular formula is C11H23NSi. The summed E-state index contributed by atoms with van der Waals surface area (Å²) in [7, 11) is -1.47. The molecule has 0 spiro atoms. The molecule has 0 unspecified atom stereocenters. The number of hydrogen-bond acceptors (Lipinski definition) is 1. The third kappa shape index (κ3) is 2.28. The molecule has 0 aliphatic heterocycles. The highest BCUT2D eigenvalue weighted by molar-refractivity contribution is 6.87. The van der Waals surface area contributed by atoms with Gasteiger partial charge in [0.05, 0.1) is 0 Å². The highest BCUT2D eigenvalue weighted by Gasteiger charge is 2.41. The lowest BCUT2D eigenvalue weighted by Crippen LogP contribution is -2.41. The summed E-state index contributed by atoms with van der Waals surface area (Å²) in [6.45, 7) is 11.5. The Morgan fingerprint density at radius 1 is 1.08 bits per heavy atom. The molecule has 0 rings (SSSR count). The van der Waals surface area contributed by atoms with Crippen LogP contribution < -0.4 is 5.73 Å². The van der Waals surface area contributed by atoms with Crippen molar-refractivity contribution in [3.05, 3.63) is 0 Å². The van der Waals surface area contributed by atoms with Crippen LogP contribution in [0.25, 0.3) is 0 Å². The minimum atomic E-state index is -1.47. The zero-order valence-electron chi connectivity index (χ0n) is 9.70. The maximum absolute atomic E-state index is 5.35. The molecule has 76 valence electrons. The van der Waals surface area contributed by atoms with E-state index in [1.807, 2.05) is 0 Å². The molecule has 13 heavy (non-hydrogen) atoms. The van der Waals surface area contributed by atoms with Crippen LogP contribution in [0.5, 0.6) is 0 Å². The summed E-state index contributed by atoms with van der Waals surface area (Å²) in [4.78, 5) is 0. The Hall–Kier alpha value is -0.423. The second kappa shape index (κ2) is 4.71. The van der Waals surface area contributed by atoms with Gasteiger partial charge >= 0.3 is 0 Å². The van der Waals surface area contributed by atoms with Crippen molar-refractivity contribution in [2.75, 3.05) is 0 Å². The molecule has 0 fully saturated rings. The van der Waals surface area contributed by atoms with Crippen LogP contribution in [0.1, 0.15) is 40.0 Å². The van der Waals surface area contributed by atoms with Crippen molar-refractivity contribution in [3.63, 3.8) is 0 Å². The molecule has 0 aliphatic carbocycles. The monoisotopic (exact) mass is 197 g/mol. The van der Waals surface area contributed by atoms with Crippen LogP contribution >= 0.6 is 0 Å². The molecule has 0 aromatic heterocycles. The van der Waals surface area contributed by atoms with Gasteiger partial charge in [0, 0.05) is 0 Å². The van der Waals surface area contributed by atoms with E-state index < -0.39 is 8.07 Å². The largest absolute Gasteiger partial charge is 0.360 e. The van der Waals surface area contributed by atoms with Crippen LogP contribution in [-0.2, 0) is 0 Å². The van der Waals surface area contributed by atoms with Gasteiger partial charge in [-0.25, -0.2) is 0 Å². The average molecular weight is 197 g/mol. The Balaban J connectivity index is 4.98. The smallest absolute Gasteiger partial charge is 0.140 e. The molecule has 0 aromatic rings. The fourth-order valence-electron chi connectivity index (χ4n) is 2.39. The molecule has 1 nitrogen and oxygen atoms in total. The van der Waals surface area contributed by atoms with Crippen molar-refractivity contribution in [2.45, 2.75) is 58.2 Å². The quantitative estimate of drug-likeness (QED) is 0.418. The fourth-order valence-corrected chi connectivity index (χ4v) is 5.67. The number of hydrogen-bond donors (Lipinski definition) is 1. The van der Waals surface area contributed by atoms with Gasteiger partial charge in [-0.3, -0.25) is 0 Å². The van der Waals surface area contributed by atoms with Gasteiger partial charge in [0.2, 0.25) is 0 Å². The van der Waals surface area contributed by atoms with Gasteiger partial charge in [0.25, 0.3) is 0 Å². The molecule has 0 aromatic carbocycles. The lowest BCUT2D eigenvalue weighted by molar-refractivity contribution is 0.483. The van der Waals surface area contributed by atoms with Gasteiger partial charge < -0.3 is 5.73 Å². The lowest BCUT2D eigenvalue weighted by Gasteiger charge is -2.40. The van der Waals surface area contributed by atoms with Gasteiger partial charge in [0.1, 0.15) is 8.07 Å². The van der Waals surface area contributed by atoms with Crippen LogP contribution in [0, 0.1) is 11.6 Å². The molecule has 0 saturated carbocycles. The normalized spacial score (nSPS) is 12.1. The molecule has 0 bridgehead atoms. The summed E-state index contributed by atoms with van der Waals surface area (Å²) in [6.07, 6.45) is 3.69. The zero-order chi connectivity index (χ0) is 10.5. The van der Waals surface area contributed by atoms with Crippen LogP contribution in [0.4, 0.5) is 0 Å². The van der Waals surface area contributed by atoms with Gasteiger partial charge in [0.15, 0.2) is 0 Å². The average Bonchev–Trinajstić information content (AvgIpc) is 2.07. The molecule has 0 heterocycles. The van der Waals surface area contributed by atoms with Crippen molar-refractivity contribution in [1.29, 1.82) is 0 Å².